The van der Waals surface area contributed by atoms with Crippen LogP contribution in [0.4, 0.5) is 5.69 Å². The number of aryl methyl sites for hydroxylation is 2. The Kier molecular flexibility index (Phi) is 3.62. The van der Waals surface area contributed by atoms with Crippen molar-refractivity contribution in [3.63, 3.8) is 0 Å². The molecule has 1 aromatic rings. The van der Waals surface area contributed by atoms with E-state index in [1.807, 2.05) is 0 Å². The highest BCUT2D eigenvalue weighted by atomic mass is 16.5. The van der Waals surface area contributed by atoms with E-state index in [4.69, 9.17) is 4.74 Å². The molecule has 1 heterocycles. The van der Waals surface area contributed by atoms with Gasteiger partial charge in [0.25, 0.3) is 0 Å². The lowest BCUT2D eigenvalue weighted by atomic mass is 9.99. The molecule has 1 aliphatic rings. The van der Waals surface area contributed by atoms with Crippen molar-refractivity contribution < 1.29 is 4.74 Å². The van der Waals surface area contributed by atoms with E-state index in [2.05, 4.69) is 23.5 Å². The lowest BCUT2D eigenvalue weighted by molar-refractivity contribution is 0.195. The van der Waals surface area contributed by atoms with Gasteiger partial charge in [0, 0.05) is 25.9 Å². The first-order valence-electron chi connectivity index (χ1n) is 5.75. The Morgan fingerprint density at radius 1 is 1.40 bits per heavy atom. The third kappa shape index (κ3) is 2.72. The number of rotatable bonds is 4. The summed E-state index contributed by atoms with van der Waals surface area (Å²) in [5.41, 5.74) is 4.25. The largest absolute Gasteiger partial charge is 0.385 e. The minimum atomic E-state index is 0.856. The van der Waals surface area contributed by atoms with Crippen molar-refractivity contribution in [1.29, 1.82) is 0 Å². The van der Waals surface area contributed by atoms with Gasteiger partial charge in [-0.25, -0.2) is 0 Å². The van der Waals surface area contributed by atoms with Gasteiger partial charge in [0.1, 0.15) is 0 Å². The number of nitrogens with one attached hydrogen (secondary N) is 1. The van der Waals surface area contributed by atoms with Crippen molar-refractivity contribution in [3.05, 3.63) is 29.3 Å². The lowest BCUT2D eigenvalue weighted by Crippen LogP contribution is -2.11. The SMILES string of the molecule is COCCCc1ccc2c(c1)CCCN2. The summed E-state index contributed by atoms with van der Waals surface area (Å²) in [6.45, 7) is 1.98. The molecule has 1 aromatic carbocycles. The summed E-state index contributed by atoms with van der Waals surface area (Å²) in [6.07, 6.45) is 4.72. The average Bonchev–Trinajstić information content (AvgIpc) is 2.29. The standard InChI is InChI=1S/C13H19NO/c1-15-9-3-4-11-6-7-13-12(10-11)5-2-8-14-13/h6-7,10,14H,2-5,8-9H2,1H3. The molecule has 1 aliphatic heterocycles. The molecule has 0 saturated carbocycles. The molecule has 2 heteroatoms. The molecule has 0 radical (unpaired) electrons. The van der Waals surface area contributed by atoms with Crippen LogP contribution in [0, 0.1) is 0 Å². The van der Waals surface area contributed by atoms with Crippen LogP contribution in [-0.2, 0) is 17.6 Å². The molecule has 1 N–H and O–H groups in total. The Balaban J connectivity index is 2.00. The normalized spacial score (nSPS) is 14.5. The zero-order valence-electron chi connectivity index (χ0n) is 9.38. The number of anilines is 1. The number of benzene rings is 1. The molecule has 0 fully saturated rings. The van der Waals surface area contributed by atoms with Crippen molar-refractivity contribution in [2.45, 2.75) is 25.7 Å². The minimum Gasteiger partial charge on any atom is -0.385 e. The van der Waals surface area contributed by atoms with Gasteiger partial charge >= 0.3 is 0 Å². The lowest BCUT2D eigenvalue weighted by Gasteiger charge is -2.18. The van der Waals surface area contributed by atoms with E-state index in [0.29, 0.717) is 0 Å². The van der Waals surface area contributed by atoms with Crippen molar-refractivity contribution in [2.75, 3.05) is 25.6 Å². The number of methoxy groups -OCH3 is 1. The van der Waals surface area contributed by atoms with Gasteiger partial charge in [0.2, 0.25) is 0 Å². The fourth-order valence-electron chi connectivity index (χ4n) is 2.10. The zero-order chi connectivity index (χ0) is 10.5. The second kappa shape index (κ2) is 5.17. The summed E-state index contributed by atoms with van der Waals surface area (Å²) >= 11 is 0. The molecule has 2 nitrogen and oxygen atoms in total. The number of hydrogen-bond donors (Lipinski definition) is 1. The van der Waals surface area contributed by atoms with E-state index >= 15 is 0 Å². The van der Waals surface area contributed by atoms with Crippen LogP contribution in [0.5, 0.6) is 0 Å². The van der Waals surface area contributed by atoms with Gasteiger partial charge in [-0.05, 0) is 42.9 Å². The Bertz CT molecular complexity index is 322. The molecule has 0 aliphatic carbocycles. The number of fused-ring (bicyclic) bond motifs is 1. The second-order valence-corrected chi connectivity index (χ2v) is 4.12. The molecule has 82 valence electrons. The van der Waals surface area contributed by atoms with E-state index < -0.39 is 0 Å². The van der Waals surface area contributed by atoms with Crippen LogP contribution >= 0.6 is 0 Å². The highest BCUT2D eigenvalue weighted by Gasteiger charge is 2.08. The topological polar surface area (TPSA) is 21.3 Å². The third-order valence-corrected chi connectivity index (χ3v) is 2.92. The Morgan fingerprint density at radius 2 is 2.33 bits per heavy atom. The van der Waals surface area contributed by atoms with Crippen molar-refractivity contribution in [1.82, 2.24) is 0 Å². The number of ether oxygens (including phenoxy) is 1. The summed E-state index contributed by atoms with van der Waals surface area (Å²) in [4.78, 5) is 0. The van der Waals surface area contributed by atoms with Crippen molar-refractivity contribution in [3.8, 4) is 0 Å². The summed E-state index contributed by atoms with van der Waals surface area (Å²) in [5.74, 6) is 0. The van der Waals surface area contributed by atoms with Gasteiger partial charge in [-0.2, -0.15) is 0 Å². The molecule has 0 aromatic heterocycles. The van der Waals surface area contributed by atoms with Crippen molar-refractivity contribution in [2.24, 2.45) is 0 Å². The Hall–Kier alpha value is -1.02. The minimum absolute atomic E-state index is 0.856. The molecule has 0 atom stereocenters. The van der Waals surface area contributed by atoms with Gasteiger partial charge in [-0.1, -0.05) is 12.1 Å². The molecule has 15 heavy (non-hydrogen) atoms. The summed E-state index contributed by atoms with van der Waals surface area (Å²) in [7, 11) is 1.76. The maximum Gasteiger partial charge on any atom is 0.0465 e. The molecule has 0 amide bonds. The fraction of sp³-hybridized carbons (Fsp3) is 0.538. The number of hydrogen-bond acceptors (Lipinski definition) is 2. The molecular formula is C13H19NO. The quantitative estimate of drug-likeness (QED) is 0.763. The summed E-state index contributed by atoms with van der Waals surface area (Å²) in [5, 5.41) is 3.43. The molecule has 0 spiro atoms. The van der Waals surface area contributed by atoms with Crippen LogP contribution in [0.1, 0.15) is 24.0 Å². The van der Waals surface area contributed by atoms with Crippen LogP contribution in [0.2, 0.25) is 0 Å². The summed E-state index contributed by atoms with van der Waals surface area (Å²) < 4.78 is 5.06. The maximum absolute atomic E-state index is 5.06. The van der Waals surface area contributed by atoms with Crippen LogP contribution in [-0.4, -0.2) is 20.3 Å². The molecule has 2 rings (SSSR count). The first kappa shape index (κ1) is 10.5. The second-order valence-electron chi connectivity index (χ2n) is 4.12. The smallest absolute Gasteiger partial charge is 0.0465 e. The molecule has 0 unspecified atom stereocenters. The molecular weight excluding hydrogens is 186 g/mol. The van der Waals surface area contributed by atoms with E-state index in [0.717, 1.165) is 26.0 Å². The fourth-order valence-corrected chi connectivity index (χ4v) is 2.10. The Labute approximate surface area is 91.6 Å². The molecule has 0 saturated heterocycles. The van der Waals surface area contributed by atoms with Gasteiger partial charge < -0.3 is 10.1 Å². The highest BCUT2D eigenvalue weighted by molar-refractivity contribution is 5.54. The predicted octanol–water partition coefficient (Wildman–Crippen LogP) is 2.62. The average molecular weight is 205 g/mol. The third-order valence-electron chi connectivity index (χ3n) is 2.92. The summed E-state index contributed by atoms with van der Waals surface area (Å²) in [6, 6.07) is 6.79. The van der Waals surface area contributed by atoms with Crippen LogP contribution in [0.25, 0.3) is 0 Å². The van der Waals surface area contributed by atoms with Gasteiger partial charge in [0.15, 0.2) is 0 Å². The zero-order valence-corrected chi connectivity index (χ0v) is 9.38. The van der Waals surface area contributed by atoms with E-state index in [-0.39, 0.29) is 0 Å². The van der Waals surface area contributed by atoms with Crippen LogP contribution < -0.4 is 5.32 Å². The van der Waals surface area contributed by atoms with Gasteiger partial charge in [0.05, 0.1) is 0 Å². The van der Waals surface area contributed by atoms with E-state index in [1.54, 1.807) is 7.11 Å². The molecule has 0 bridgehead atoms. The van der Waals surface area contributed by atoms with E-state index in [9.17, 15) is 0 Å². The monoisotopic (exact) mass is 205 g/mol. The van der Waals surface area contributed by atoms with Gasteiger partial charge in [-0.15, -0.1) is 0 Å². The van der Waals surface area contributed by atoms with Gasteiger partial charge in [-0.3, -0.25) is 0 Å². The maximum atomic E-state index is 5.06. The predicted molar refractivity (Wildman–Crippen MR) is 63.4 cm³/mol. The first-order chi connectivity index (χ1) is 7.40. The highest BCUT2D eigenvalue weighted by Crippen LogP contribution is 2.23. The van der Waals surface area contributed by atoms with Crippen molar-refractivity contribution >= 4 is 5.69 Å². The van der Waals surface area contributed by atoms with E-state index in [1.165, 1.54) is 29.7 Å². The first-order valence-corrected chi connectivity index (χ1v) is 5.75. The van der Waals surface area contributed by atoms with Crippen LogP contribution in [0.3, 0.4) is 0 Å². The van der Waals surface area contributed by atoms with Crippen LogP contribution in [0.15, 0.2) is 18.2 Å². The Morgan fingerprint density at radius 3 is 3.20 bits per heavy atom.